The zero-order valence-electron chi connectivity index (χ0n) is 11.5. The summed E-state index contributed by atoms with van der Waals surface area (Å²) in [6, 6.07) is 3.22. The van der Waals surface area contributed by atoms with E-state index in [4.69, 9.17) is 5.73 Å². The van der Waals surface area contributed by atoms with Crippen molar-refractivity contribution in [2.24, 2.45) is 7.05 Å². The predicted molar refractivity (Wildman–Crippen MR) is 75.8 cm³/mol. The second-order valence-corrected chi connectivity index (χ2v) is 4.98. The molecular formula is C14H16FN5. The highest BCUT2D eigenvalue weighted by Crippen LogP contribution is 2.22. The Labute approximate surface area is 115 Å². The minimum atomic E-state index is -0.255. The van der Waals surface area contributed by atoms with Gasteiger partial charge in [-0.05, 0) is 30.5 Å². The molecule has 2 aromatic heterocycles. The molecule has 0 saturated carbocycles. The summed E-state index contributed by atoms with van der Waals surface area (Å²) in [6.07, 6.45) is 4.61. The van der Waals surface area contributed by atoms with Crippen LogP contribution in [-0.4, -0.2) is 19.3 Å². The van der Waals surface area contributed by atoms with Crippen molar-refractivity contribution in [3.05, 3.63) is 41.5 Å². The van der Waals surface area contributed by atoms with Gasteiger partial charge in [0.1, 0.15) is 5.82 Å². The van der Waals surface area contributed by atoms with Crippen molar-refractivity contribution in [2.75, 3.05) is 5.73 Å². The first-order valence-electron chi connectivity index (χ1n) is 6.44. The van der Waals surface area contributed by atoms with E-state index in [1.54, 1.807) is 17.7 Å². The Bertz CT molecular complexity index is 771. The average molecular weight is 273 g/mol. The molecule has 3 rings (SSSR count). The topological polar surface area (TPSA) is 61.7 Å². The number of nitrogens with two attached hydrogens (primary N) is 1. The Morgan fingerprint density at radius 2 is 2.15 bits per heavy atom. The molecule has 3 aromatic rings. The minimum absolute atomic E-state index is 0.255. The van der Waals surface area contributed by atoms with Crippen molar-refractivity contribution in [3.8, 4) is 0 Å². The summed E-state index contributed by atoms with van der Waals surface area (Å²) >= 11 is 0. The highest BCUT2D eigenvalue weighted by Gasteiger charge is 2.11. The van der Waals surface area contributed by atoms with Crippen LogP contribution >= 0.6 is 0 Å². The lowest BCUT2D eigenvalue weighted by atomic mass is 10.2. The summed E-state index contributed by atoms with van der Waals surface area (Å²) < 4.78 is 17.2. The molecule has 104 valence electrons. The normalized spacial score (nSPS) is 11.3. The van der Waals surface area contributed by atoms with E-state index in [1.807, 2.05) is 24.0 Å². The maximum absolute atomic E-state index is 13.5. The smallest absolute Gasteiger partial charge is 0.201 e. The molecule has 5 nitrogen and oxygen atoms in total. The third kappa shape index (κ3) is 2.13. The van der Waals surface area contributed by atoms with Crippen LogP contribution in [0.1, 0.15) is 11.1 Å². The maximum atomic E-state index is 13.5. The number of hydrogen-bond donors (Lipinski definition) is 1. The fourth-order valence-electron chi connectivity index (χ4n) is 2.35. The van der Waals surface area contributed by atoms with Crippen LogP contribution in [0.3, 0.4) is 0 Å². The van der Waals surface area contributed by atoms with Gasteiger partial charge >= 0.3 is 0 Å². The van der Waals surface area contributed by atoms with Crippen molar-refractivity contribution < 1.29 is 4.39 Å². The molecule has 0 atom stereocenters. The first kappa shape index (κ1) is 12.7. The van der Waals surface area contributed by atoms with E-state index in [-0.39, 0.29) is 5.82 Å². The molecular weight excluding hydrogens is 257 g/mol. The minimum Gasteiger partial charge on any atom is -0.369 e. The van der Waals surface area contributed by atoms with Gasteiger partial charge in [0.2, 0.25) is 5.95 Å². The lowest BCUT2D eigenvalue weighted by molar-refractivity contribution is 0.620. The van der Waals surface area contributed by atoms with Crippen LogP contribution in [0.5, 0.6) is 0 Å². The molecule has 0 aliphatic carbocycles. The molecule has 2 N–H and O–H groups in total. The molecule has 20 heavy (non-hydrogen) atoms. The Balaban J connectivity index is 1.94. The molecule has 0 spiro atoms. The molecule has 0 aliphatic rings. The Kier molecular flexibility index (Phi) is 2.93. The van der Waals surface area contributed by atoms with Crippen molar-refractivity contribution in [1.29, 1.82) is 0 Å². The van der Waals surface area contributed by atoms with Crippen LogP contribution in [0.4, 0.5) is 10.3 Å². The van der Waals surface area contributed by atoms with Crippen LogP contribution in [0, 0.1) is 12.7 Å². The third-order valence-electron chi connectivity index (χ3n) is 3.44. The number of aromatic nitrogens is 4. The number of nitrogens with zero attached hydrogens (tertiary/aromatic N) is 4. The van der Waals surface area contributed by atoms with Gasteiger partial charge in [-0.25, -0.2) is 9.37 Å². The number of hydrogen-bond acceptors (Lipinski definition) is 3. The van der Waals surface area contributed by atoms with E-state index in [0.717, 1.165) is 17.5 Å². The number of rotatable bonds is 3. The fraction of sp³-hybridized carbons (Fsp3) is 0.286. The van der Waals surface area contributed by atoms with Crippen LogP contribution in [-0.2, 0) is 20.0 Å². The summed E-state index contributed by atoms with van der Waals surface area (Å²) in [5.41, 5.74) is 9.12. The fourth-order valence-corrected chi connectivity index (χ4v) is 2.35. The number of imidazole rings is 1. The molecule has 1 aromatic carbocycles. The monoisotopic (exact) mass is 273 g/mol. The maximum Gasteiger partial charge on any atom is 0.201 e. The van der Waals surface area contributed by atoms with Gasteiger partial charge in [-0.1, -0.05) is 0 Å². The number of fused-ring (bicyclic) bond motifs is 1. The van der Waals surface area contributed by atoms with Crippen molar-refractivity contribution in [2.45, 2.75) is 19.9 Å². The highest BCUT2D eigenvalue weighted by atomic mass is 19.1. The third-order valence-corrected chi connectivity index (χ3v) is 3.44. The molecule has 0 aliphatic heterocycles. The zero-order valence-corrected chi connectivity index (χ0v) is 11.5. The second kappa shape index (κ2) is 4.63. The molecule has 0 unspecified atom stereocenters. The van der Waals surface area contributed by atoms with Crippen LogP contribution in [0.25, 0.3) is 11.0 Å². The van der Waals surface area contributed by atoms with Gasteiger partial charge in [0.25, 0.3) is 0 Å². The number of halogens is 1. The van der Waals surface area contributed by atoms with E-state index in [0.29, 0.717) is 23.6 Å². The van der Waals surface area contributed by atoms with Crippen LogP contribution in [0.15, 0.2) is 24.5 Å². The second-order valence-electron chi connectivity index (χ2n) is 4.98. The average Bonchev–Trinajstić information content (AvgIpc) is 2.92. The van der Waals surface area contributed by atoms with Gasteiger partial charge in [-0.3, -0.25) is 4.68 Å². The van der Waals surface area contributed by atoms with Gasteiger partial charge in [0.05, 0.1) is 17.2 Å². The molecule has 0 fully saturated rings. The lowest BCUT2D eigenvalue weighted by Crippen LogP contribution is -2.05. The zero-order chi connectivity index (χ0) is 14.3. The van der Waals surface area contributed by atoms with Crippen LogP contribution in [0.2, 0.25) is 0 Å². The largest absolute Gasteiger partial charge is 0.369 e. The van der Waals surface area contributed by atoms with E-state index in [1.165, 1.54) is 6.07 Å². The first-order valence-corrected chi connectivity index (χ1v) is 6.44. The predicted octanol–water partition coefficient (Wildman–Crippen LogP) is 2.04. The van der Waals surface area contributed by atoms with E-state index in [2.05, 4.69) is 10.1 Å². The van der Waals surface area contributed by atoms with Gasteiger partial charge < -0.3 is 10.3 Å². The Morgan fingerprint density at radius 3 is 2.85 bits per heavy atom. The molecule has 0 bridgehead atoms. The molecule has 0 amide bonds. The summed E-state index contributed by atoms with van der Waals surface area (Å²) in [7, 11) is 1.89. The van der Waals surface area contributed by atoms with Crippen LogP contribution < -0.4 is 5.73 Å². The summed E-state index contributed by atoms with van der Waals surface area (Å²) in [5, 5.41) is 4.14. The Hall–Kier alpha value is -2.37. The molecule has 0 radical (unpaired) electrons. The van der Waals surface area contributed by atoms with Gasteiger partial charge in [0.15, 0.2) is 0 Å². The van der Waals surface area contributed by atoms with E-state index < -0.39 is 0 Å². The number of aryl methyl sites for hydroxylation is 4. The molecule has 0 saturated heterocycles. The summed E-state index contributed by atoms with van der Waals surface area (Å²) in [6.45, 7) is 2.43. The number of anilines is 1. The van der Waals surface area contributed by atoms with E-state index in [9.17, 15) is 4.39 Å². The summed E-state index contributed by atoms with van der Waals surface area (Å²) in [5.74, 6) is 0.156. The van der Waals surface area contributed by atoms with Gasteiger partial charge in [0, 0.05) is 25.9 Å². The number of nitrogen functional groups attached to an aromatic ring is 1. The van der Waals surface area contributed by atoms with Gasteiger partial charge in [-0.2, -0.15) is 5.10 Å². The SMILES string of the molecule is Cc1cc2c(cc1F)nc(N)n2CCc1cnn(C)c1. The molecule has 2 heterocycles. The van der Waals surface area contributed by atoms with Crippen molar-refractivity contribution in [1.82, 2.24) is 19.3 Å². The van der Waals surface area contributed by atoms with Crippen molar-refractivity contribution in [3.63, 3.8) is 0 Å². The standard InChI is InChI=1S/C14H16FN5/c1-9-5-13-12(6-11(9)15)18-14(16)20(13)4-3-10-7-17-19(2)8-10/h5-8H,3-4H2,1-2H3,(H2,16,18). The van der Waals surface area contributed by atoms with Crippen molar-refractivity contribution >= 4 is 17.0 Å². The first-order chi connectivity index (χ1) is 9.54. The lowest BCUT2D eigenvalue weighted by Gasteiger charge is -2.06. The Morgan fingerprint density at radius 1 is 1.35 bits per heavy atom. The molecule has 6 heteroatoms. The summed E-state index contributed by atoms with van der Waals surface area (Å²) in [4.78, 5) is 4.21. The van der Waals surface area contributed by atoms with Gasteiger partial charge in [-0.15, -0.1) is 0 Å². The quantitative estimate of drug-likeness (QED) is 0.794. The number of benzene rings is 1. The van der Waals surface area contributed by atoms with E-state index >= 15 is 0 Å². The highest BCUT2D eigenvalue weighted by molar-refractivity contribution is 5.79.